The van der Waals surface area contributed by atoms with Crippen LogP contribution in [0.4, 0.5) is 0 Å². The summed E-state index contributed by atoms with van der Waals surface area (Å²) in [6.45, 7) is 4.18. The van der Waals surface area contributed by atoms with Crippen LogP contribution in [0.2, 0.25) is 0 Å². The van der Waals surface area contributed by atoms with Crippen molar-refractivity contribution in [3.05, 3.63) is 77.5 Å². The molecule has 0 bridgehead atoms. The van der Waals surface area contributed by atoms with Gasteiger partial charge in [0.25, 0.3) is 5.91 Å². The van der Waals surface area contributed by atoms with Crippen LogP contribution in [0, 0.1) is 5.92 Å². The summed E-state index contributed by atoms with van der Waals surface area (Å²) in [7, 11) is 0. The molecule has 2 aromatic carbocycles. The molecule has 138 valence electrons. The molecule has 1 atom stereocenters. The van der Waals surface area contributed by atoms with Crippen LogP contribution in [0.25, 0.3) is 11.1 Å². The molecule has 0 aliphatic heterocycles. The zero-order chi connectivity index (χ0) is 19.0. The van der Waals surface area contributed by atoms with Crippen LogP contribution in [0.1, 0.15) is 59.9 Å². The van der Waals surface area contributed by atoms with Crippen molar-refractivity contribution in [1.29, 1.82) is 0 Å². The molecule has 5 nitrogen and oxygen atoms in total. The Bertz CT molecular complexity index is 931. The number of carbonyl (C=O) groups excluding carboxylic acids is 1. The van der Waals surface area contributed by atoms with Crippen LogP contribution in [0.3, 0.4) is 0 Å². The number of nitrogens with zero attached hydrogens (tertiary/aromatic N) is 1. The highest BCUT2D eigenvalue weighted by atomic mass is 16.3. The number of nitrogens with one attached hydrogen (secondary N) is 1. The van der Waals surface area contributed by atoms with Gasteiger partial charge in [0.1, 0.15) is 6.26 Å². The maximum atomic E-state index is 12.8. The summed E-state index contributed by atoms with van der Waals surface area (Å²) in [5, 5.41) is 3.10. The molecule has 0 fully saturated rings. The Labute approximate surface area is 158 Å². The van der Waals surface area contributed by atoms with Gasteiger partial charge in [-0.25, -0.2) is 4.98 Å². The topological polar surface area (TPSA) is 81.1 Å². The van der Waals surface area contributed by atoms with E-state index in [0.29, 0.717) is 11.8 Å². The number of benzene rings is 2. The molecule has 0 radical (unpaired) electrons. The number of fused-ring (bicyclic) bond motifs is 3. The highest BCUT2D eigenvalue weighted by molar-refractivity contribution is 5.93. The number of amides is 1. The first-order valence-corrected chi connectivity index (χ1v) is 9.24. The van der Waals surface area contributed by atoms with Crippen molar-refractivity contribution in [2.45, 2.75) is 32.4 Å². The lowest BCUT2D eigenvalue weighted by atomic mass is 10.0. The van der Waals surface area contributed by atoms with E-state index in [0.717, 1.165) is 28.7 Å². The molecule has 3 aromatic rings. The summed E-state index contributed by atoms with van der Waals surface area (Å²) < 4.78 is 5.45. The predicted octanol–water partition coefficient (Wildman–Crippen LogP) is 4.22. The molecule has 3 N–H and O–H groups in total. The Hall–Kier alpha value is -2.92. The maximum Gasteiger partial charge on any atom is 0.273 e. The van der Waals surface area contributed by atoms with E-state index in [1.165, 1.54) is 6.26 Å². The lowest BCUT2D eigenvalue weighted by molar-refractivity contribution is 0.0938. The lowest BCUT2D eigenvalue weighted by Gasteiger charge is -2.15. The van der Waals surface area contributed by atoms with Crippen LogP contribution < -0.4 is 11.1 Å². The number of hydrogen-bond donors (Lipinski definition) is 2. The number of aromatic nitrogens is 1. The first kappa shape index (κ1) is 17.5. The second-order valence-corrected chi connectivity index (χ2v) is 7.39. The molecule has 1 heterocycles. The Morgan fingerprint density at radius 1 is 1.11 bits per heavy atom. The normalized spacial score (nSPS) is 14.1. The van der Waals surface area contributed by atoms with Gasteiger partial charge in [0.05, 0.1) is 12.1 Å². The highest BCUT2D eigenvalue weighted by Gasteiger charge is 2.30. The third kappa shape index (κ3) is 3.26. The van der Waals surface area contributed by atoms with Gasteiger partial charge in [-0.1, -0.05) is 62.4 Å². The third-order valence-corrected chi connectivity index (χ3v) is 4.91. The minimum atomic E-state index is -0.306. The molecular formula is C22H23N3O2. The molecule has 0 saturated heterocycles. The monoisotopic (exact) mass is 361 g/mol. The van der Waals surface area contributed by atoms with Gasteiger partial charge in [-0.2, -0.15) is 0 Å². The maximum absolute atomic E-state index is 12.8. The lowest BCUT2D eigenvalue weighted by Crippen LogP contribution is -2.28. The molecule has 1 amide bonds. The Morgan fingerprint density at radius 3 is 2.30 bits per heavy atom. The first-order chi connectivity index (χ1) is 13.0. The molecule has 1 aromatic heterocycles. The van der Waals surface area contributed by atoms with Crippen LogP contribution >= 0.6 is 0 Å². The van der Waals surface area contributed by atoms with Crippen molar-refractivity contribution in [1.82, 2.24) is 10.3 Å². The van der Waals surface area contributed by atoms with Gasteiger partial charge >= 0.3 is 0 Å². The molecule has 27 heavy (non-hydrogen) atoms. The van der Waals surface area contributed by atoms with Gasteiger partial charge in [0.2, 0.25) is 5.89 Å². The van der Waals surface area contributed by atoms with Crippen molar-refractivity contribution >= 4 is 5.91 Å². The second-order valence-electron chi connectivity index (χ2n) is 7.39. The molecule has 5 heteroatoms. The fraction of sp³-hybridized carbons (Fsp3) is 0.273. The van der Waals surface area contributed by atoms with E-state index in [4.69, 9.17) is 10.2 Å². The molecule has 4 rings (SSSR count). The number of nitrogens with two attached hydrogens (primary N) is 1. The highest BCUT2D eigenvalue weighted by Crippen LogP contribution is 2.43. The fourth-order valence-corrected chi connectivity index (χ4v) is 3.69. The Morgan fingerprint density at radius 2 is 1.70 bits per heavy atom. The third-order valence-electron chi connectivity index (χ3n) is 4.91. The van der Waals surface area contributed by atoms with E-state index in [1.54, 1.807) is 0 Å². The average Bonchev–Trinajstić information content (AvgIpc) is 3.26. The molecule has 1 aliphatic carbocycles. The number of carbonyl (C=O) groups is 1. The Kier molecular flexibility index (Phi) is 4.54. The van der Waals surface area contributed by atoms with Gasteiger partial charge in [0, 0.05) is 0 Å². The van der Waals surface area contributed by atoms with Crippen molar-refractivity contribution in [3.63, 3.8) is 0 Å². The van der Waals surface area contributed by atoms with Gasteiger partial charge < -0.3 is 15.5 Å². The summed E-state index contributed by atoms with van der Waals surface area (Å²) in [4.78, 5) is 17.1. The van der Waals surface area contributed by atoms with E-state index in [9.17, 15) is 4.79 Å². The van der Waals surface area contributed by atoms with Crippen molar-refractivity contribution < 1.29 is 9.21 Å². The summed E-state index contributed by atoms with van der Waals surface area (Å²) in [5.41, 5.74) is 10.8. The first-order valence-electron chi connectivity index (χ1n) is 9.24. The van der Waals surface area contributed by atoms with E-state index >= 15 is 0 Å². The molecule has 1 aliphatic rings. The van der Waals surface area contributed by atoms with Gasteiger partial charge in [0.15, 0.2) is 5.69 Å². The number of rotatable bonds is 5. The summed E-state index contributed by atoms with van der Waals surface area (Å²) in [6.07, 6.45) is 2.14. The van der Waals surface area contributed by atoms with Crippen LogP contribution in [0.15, 0.2) is 59.2 Å². The largest absolute Gasteiger partial charge is 0.446 e. The van der Waals surface area contributed by atoms with Gasteiger partial charge in [-0.3, -0.25) is 4.79 Å². The van der Waals surface area contributed by atoms with Crippen LogP contribution in [0.5, 0.6) is 0 Å². The zero-order valence-corrected chi connectivity index (χ0v) is 15.5. The zero-order valence-electron chi connectivity index (χ0n) is 15.5. The summed E-state index contributed by atoms with van der Waals surface area (Å²) >= 11 is 0. The molecule has 0 saturated carbocycles. The summed E-state index contributed by atoms with van der Waals surface area (Å²) in [5.74, 6) is 0.565. The predicted molar refractivity (Wildman–Crippen MR) is 104 cm³/mol. The fourth-order valence-electron chi connectivity index (χ4n) is 3.69. The minimum absolute atomic E-state index is 0.200. The van der Waals surface area contributed by atoms with Gasteiger partial charge in [-0.15, -0.1) is 0 Å². The minimum Gasteiger partial charge on any atom is -0.446 e. The van der Waals surface area contributed by atoms with E-state index in [1.807, 2.05) is 36.4 Å². The van der Waals surface area contributed by atoms with Crippen LogP contribution in [-0.4, -0.2) is 10.9 Å². The number of hydrogen-bond acceptors (Lipinski definition) is 4. The van der Waals surface area contributed by atoms with E-state index in [2.05, 4.69) is 36.3 Å². The summed E-state index contributed by atoms with van der Waals surface area (Å²) in [6, 6.07) is 15.8. The number of oxazole rings is 1. The molecule has 1 unspecified atom stereocenters. The van der Waals surface area contributed by atoms with Crippen molar-refractivity contribution in [3.8, 4) is 11.1 Å². The van der Waals surface area contributed by atoms with E-state index < -0.39 is 0 Å². The smallest absolute Gasteiger partial charge is 0.273 e. The van der Waals surface area contributed by atoms with Crippen molar-refractivity contribution in [2.24, 2.45) is 11.7 Å². The Balaban J connectivity index is 1.58. The average molecular weight is 361 g/mol. The van der Waals surface area contributed by atoms with E-state index in [-0.39, 0.29) is 23.7 Å². The second kappa shape index (κ2) is 7.00. The SMILES string of the molecule is CC(C)CC(N)c1nc(C(=O)NC2c3ccccc3-c3ccccc32)co1. The van der Waals surface area contributed by atoms with Crippen LogP contribution in [-0.2, 0) is 0 Å². The molecule has 0 spiro atoms. The quantitative estimate of drug-likeness (QED) is 0.713. The van der Waals surface area contributed by atoms with Crippen molar-refractivity contribution in [2.75, 3.05) is 0 Å². The standard InChI is InChI=1S/C22H23N3O2/c1-13(2)11-18(23)22-24-19(12-27-22)21(26)25-20-16-9-5-3-7-14(16)15-8-4-6-10-17(15)20/h3-10,12-13,18,20H,11,23H2,1-2H3,(H,25,26). The molecular weight excluding hydrogens is 338 g/mol. The van der Waals surface area contributed by atoms with Gasteiger partial charge in [-0.05, 0) is 34.6 Å².